The average Bonchev–Trinajstić information content (AvgIpc) is 3.27. The number of fused-ring (bicyclic) bond motifs is 2. The summed E-state index contributed by atoms with van der Waals surface area (Å²) in [5.74, 6) is 1.64. The largest absolute Gasteiger partial charge is 0.461 e. The van der Waals surface area contributed by atoms with Gasteiger partial charge in [0.2, 0.25) is 0 Å². The lowest BCUT2D eigenvalue weighted by molar-refractivity contribution is -0.110. The number of hydrogen-bond donors (Lipinski definition) is 2. The van der Waals surface area contributed by atoms with Crippen LogP contribution in [-0.2, 0) is 17.6 Å². The summed E-state index contributed by atoms with van der Waals surface area (Å²) in [6.07, 6.45) is 6.09. The standard InChI is InChI=1S/C25H22BrClN2O2/c1-14(28-16-7-3-2-4-8-16)23-17-9-5-6-10-21(17)31-22(23)13-19-18-11-15(27)12-20(26)24(18)29-25(19)30/h2-4,7-8,11-14,28H,5-6,9-10H2,1H3,(H,29,30). The van der Waals surface area contributed by atoms with Crippen LogP contribution in [0.15, 0.2) is 51.4 Å². The van der Waals surface area contributed by atoms with Crippen LogP contribution in [0.5, 0.6) is 0 Å². The van der Waals surface area contributed by atoms with Crippen molar-refractivity contribution in [2.24, 2.45) is 0 Å². The molecule has 0 bridgehead atoms. The molecule has 2 aromatic carbocycles. The Hall–Kier alpha value is -2.50. The van der Waals surface area contributed by atoms with Gasteiger partial charge in [0, 0.05) is 32.7 Å². The SMILES string of the molecule is CC(Nc1ccccc1)c1c(C=C2C(=O)Nc3c(Br)cc(Cl)cc32)oc2c1CCCC2. The van der Waals surface area contributed by atoms with Gasteiger partial charge in [-0.05, 0) is 78.0 Å². The Morgan fingerprint density at radius 1 is 1.19 bits per heavy atom. The molecule has 1 aromatic heterocycles. The molecular weight excluding hydrogens is 476 g/mol. The maximum absolute atomic E-state index is 12.8. The van der Waals surface area contributed by atoms with Crippen molar-refractivity contribution >= 4 is 56.5 Å². The molecule has 6 heteroatoms. The Bertz CT molecular complexity index is 1200. The van der Waals surface area contributed by atoms with E-state index in [1.165, 1.54) is 5.56 Å². The van der Waals surface area contributed by atoms with Crippen LogP contribution in [0.3, 0.4) is 0 Å². The molecule has 1 amide bonds. The Morgan fingerprint density at radius 2 is 1.97 bits per heavy atom. The zero-order valence-electron chi connectivity index (χ0n) is 17.1. The minimum atomic E-state index is -0.151. The second kappa shape index (κ2) is 8.21. The van der Waals surface area contributed by atoms with Crippen molar-refractivity contribution in [3.05, 3.63) is 80.2 Å². The van der Waals surface area contributed by atoms with Gasteiger partial charge in [-0.15, -0.1) is 0 Å². The Morgan fingerprint density at radius 3 is 2.77 bits per heavy atom. The number of carbonyl (C=O) groups excluding carboxylic acids is 1. The van der Waals surface area contributed by atoms with Crippen LogP contribution >= 0.6 is 27.5 Å². The van der Waals surface area contributed by atoms with Crippen molar-refractivity contribution in [3.63, 3.8) is 0 Å². The van der Waals surface area contributed by atoms with E-state index in [0.717, 1.165) is 64.2 Å². The molecule has 5 rings (SSSR count). The summed E-state index contributed by atoms with van der Waals surface area (Å²) in [4.78, 5) is 12.8. The fraction of sp³-hybridized carbons (Fsp3) is 0.240. The van der Waals surface area contributed by atoms with Crippen molar-refractivity contribution in [1.29, 1.82) is 0 Å². The summed E-state index contributed by atoms with van der Waals surface area (Å²) in [6.45, 7) is 2.14. The highest BCUT2D eigenvalue weighted by atomic mass is 79.9. The first kappa shape index (κ1) is 20.4. The number of furan rings is 1. The molecule has 0 saturated carbocycles. The summed E-state index contributed by atoms with van der Waals surface area (Å²) in [5.41, 5.74) is 5.56. The van der Waals surface area contributed by atoms with Crippen LogP contribution in [0.25, 0.3) is 11.6 Å². The number of benzene rings is 2. The molecule has 1 atom stereocenters. The minimum absolute atomic E-state index is 0.0369. The lowest BCUT2D eigenvalue weighted by atomic mass is 9.91. The minimum Gasteiger partial charge on any atom is -0.461 e. The van der Waals surface area contributed by atoms with Crippen LogP contribution < -0.4 is 10.6 Å². The van der Waals surface area contributed by atoms with Gasteiger partial charge in [-0.25, -0.2) is 0 Å². The molecule has 2 N–H and O–H groups in total. The molecule has 4 nitrogen and oxygen atoms in total. The first-order valence-electron chi connectivity index (χ1n) is 10.5. The Balaban J connectivity index is 1.61. The molecule has 0 spiro atoms. The number of amides is 1. The number of anilines is 2. The molecule has 158 valence electrons. The molecule has 1 aliphatic heterocycles. The number of halogens is 2. The molecule has 0 fully saturated rings. The predicted octanol–water partition coefficient (Wildman–Crippen LogP) is 7.24. The summed E-state index contributed by atoms with van der Waals surface area (Å²) >= 11 is 9.77. The third kappa shape index (κ3) is 3.81. The molecular formula is C25H22BrClN2O2. The molecule has 1 unspecified atom stereocenters. The van der Waals surface area contributed by atoms with E-state index in [1.54, 1.807) is 6.07 Å². The molecule has 2 heterocycles. The van der Waals surface area contributed by atoms with Crippen LogP contribution in [0, 0.1) is 0 Å². The van der Waals surface area contributed by atoms with Gasteiger partial charge in [-0.2, -0.15) is 0 Å². The van der Waals surface area contributed by atoms with Crippen LogP contribution in [-0.4, -0.2) is 5.91 Å². The highest BCUT2D eigenvalue weighted by Gasteiger charge is 2.30. The first-order chi connectivity index (χ1) is 15.0. The first-order valence-corrected chi connectivity index (χ1v) is 11.7. The summed E-state index contributed by atoms with van der Waals surface area (Å²) in [6, 6.07) is 13.8. The summed E-state index contributed by atoms with van der Waals surface area (Å²) in [7, 11) is 0. The van der Waals surface area contributed by atoms with Gasteiger partial charge in [0.1, 0.15) is 11.5 Å². The van der Waals surface area contributed by atoms with Gasteiger partial charge >= 0.3 is 0 Å². The lowest BCUT2D eigenvalue weighted by Gasteiger charge is -2.18. The van der Waals surface area contributed by atoms with E-state index in [-0.39, 0.29) is 11.9 Å². The average molecular weight is 498 g/mol. The van der Waals surface area contributed by atoms with Gasteiger partial charge in [0.25, 0.3) is 5.91 Å². The predicted molar refractivity (Wildman–Crippen MR) is 129 cm³/mol. The highest BCUT2D eigenvalue weighted by Crippen LogP contribution is 2.42. The topological polar surface area (TPSA) is 54.3 Å². The quantitative estimate of drug-likeness (QED) is 0.374. The third-order valence-electron chi connectivity index (χ3n) is 5.93. The van der Waals surface area contributed by atoms with E-state index in [1.807, 2.05) is 30.3 Å². The second-order valence-corrected chi connectivity index (χ2v) is 9.33. The van der Waals surface area contributed by atoms with Gasteiger partial charge < -0.3 is 15.1 Å². The number of rotatable bonds is 4. The third-order valence-corrected chi connectivity index (χ3v) is 6.78. The van der Waals surface area contributed by atoms with Gasteiger partial charge in [-0.3, -0.25) is 4.79 Å². The molecule has 0 saturated heterocycles. The van der Waals surface area contributed by atoms with E-state index in [2.05, 4.69) is 45.6 Å². The zero-order chi connectivity index (χ0) is 21.5. The van der Waals surface area contributed by atoms with Crippen LogP contribution in [0.1, 0.15) is 54.0 Å². The van der Waals surface area contributed by atoms with Crippen molar-refractivity contribution in [2.45, 2.75) is 38.6 Å². The van der Waals surface area contributed by atoms with E-state index >= 15 is 0 Å². The maximum Gasteiger partial charge on any atom is 0.256 e. The maximum atomic E-state index is 12.8. The Labute approximate surface area is 194 Å². The van der Waals surface area contributed by atoms with Crippen LogP contribution in [0.4, 0.5) is 11.4 Å². The number of para-hydroxylation sites is 1. The number of nitrogens with one attached hydrogen (secondary N) is 2. The van der Waals surface area contributed by atoms with Crippen molar-refractivity contribution in [2.75, 3.05) is 10.6 Å². The fourth-order valence-corrected chi connectivity index (χ4v) is 5.45. The zero-order valence-corrected chi connectivity index (χ0v) is 19.4. The molecule has 31 heavy (non-hydrogen) atoms. The van der Waals surface area contributed by atoms with Crippen molar-refractivity contribution in [1.82, 2.24) is 0 Å². The fourth-order valence-electron chi connectivity index (χ4n) is 4.54. The molecule has 1 aliphatic carbocycles. The van der Waals surface area contributed by atoms with E-state index in [4.69, 9.17) is 16.0 Å². The van der Waals surface area contributed by atoms with E-state index in [9.17, 15) is 4.79 Å². The van der Waals surface area contributed by atoms with Crippen molar-refractivity contribution < 1.29 is 9.21 Å². The van der Waals surface area contributed by atoms with Crippen molar-refractivity contribution in [3.8, 4) is 0 Å². The van der Waals surface area contributed by atoms with Gasteiger partial charge in [-0.1, -0.05) is 29.8 Å². The summed E-state index contributed by atoms with van der Waals surface area (Å²) in [5, 5.41) is 7.11. The normalized spacial score (nSPS) is 17.3. The number of hydrogen-bond acceptors (Lipinski definition) is 3. The number of carbonyl (C=O) groups is 1. The monoisotopic (exact) mass is 496 g/mol. The molecule has 0 radical (unpaired) electrons. The van der Waals surface area contributed by atoms with Gasteiger partial charge in [0.05, 0.1) is 17.3 Å². The second-order valence-electron chi connectivity index (χ2n) is 8.04. The molecule has 2 aliphatic rings. The number of aryl methyl sites for hydroxylation is 1. The Kier molecular flexibility index (Phi) is 5.40. The van der Waals surface area contributed by atoms with Gasteiger partial charge in [0.15, 0.2) is 0 Å². The summed E-state index contributed by atoms with van der Waals surface area (Å²) < 4.78 is 7.11. The smallest absolute Gasteiger partial charge is 0.256 e. The highest BCUT2D eigenvalue weighted by molar-refractivity contribution is 9.10. The van der Waals surface area contributed by atoms with Crippen LogP contribution in [0.2, 0.25) is 5.02 Å². The van der Waals surface area contributed by atoms with E-state index in [0.29, 0.717) is 10.6 Å². The van der Waals surface area contributed by atoms with E-state index < -0.39 is 0 Å². The molecule has 3 aromatic rings. The lowest BCUT2D eigenvalue weighted by Crippen LogP contribution is -2.11.